The van der Waals surface area contributed by atoms with Crippen LogP contribution in [0.1, 0.15) is 24.6 Å². The molecular formula is C21H23N3O4S3. The van der Waals surface area contributed by atoms with E-state index in [2.05, 4.69) is 9.98 Å². The highest BCUT2D eigenvalue weighted by molar-refractivity contribution is 8.15. The molecule has 0 spiro atoms. The molecular weight excluding hydrogens is 454 g/mol. The van der Waals surface area contributed by atoms with Crippen molar-refractivity contribution in [1.82, 2.24) is 4.98 Å². The highest BCUT2D eigenvalue weighted by Gasteiger charge is 2.33. The van der Waals surface area contributed by atoms with Crippen molar-refractivity contribution < 1.29 is 18.3 Å². The summed E-state index contributed by atoms with van der Waals surface area (Å²) in [6.07, 6.45) is 0.553. The fourth-order valence-corrected chi connectivity index (χ4v) is 7.41. The van der Waals surface area contributed by atoms with Crippen LogP contribution in [0.2, 0.25) is 0 Å². The van der Waals surface area contributed by atoms with E-state index in [4.69, 9.17) is 0 Å². The molecule has 10 heteroatoms. The molecule has 1 aromatic carbocycles. The number of anilines is 1. The van der Waals surface area contributed by atoms with Crippen LogP contribution in [0, 0.1) is 12.8 Å². The molecule has 0 fully saturated rings. The monoisotopic (exact) mass is 477 g/mol. The molecule has 3 heterocycles. The Bertz CT molecular complexity index is 1260. The summed E-state index contributed by atoms with van der Waals surface area (Å²) >= 11 is 2.66. The van der Waals surface area contributed by atoms with Gasteiger partial charge in [-0.05, 0) is 42.5 Å². The summed E-state index contributed by atoms with van der Waals surface area (Å²) in [5.41, 5.74) is 3.06. The third kappa shape index (κ3) is 3.88. The van der Waals surface area contributed by atoms with Gasteiger partial charge in [-0.1, -0.05) is 30.8 Å². The molecule has 0 bridgehead atoms. The molecule has 0 saturated heterocycles. The second-order valence-electron chi connectivity index (χ2n) is 7.43. The number of nitrogens with zero attached hydrogens (tertiary/aromatic N) is 2. The molecule has 1 aliphatic rings. The number of H-pyrrole nitrogens is 1. The minimum absolute atomic E-state index is 0.105. The number of carbonyl (C=O) groups is 1. The zero-order chi connectivity index (χ0) is 22.3. The highest BCUT2D eigenvalue weighted by Crippen LogP contribution is 2.36. The van der Waals surface area contributed by atoms with Crippen LogP contribution in [0.15, 0.2) is 44.9 Å². The van der Waals surface area contributed by atoms with Crippen molar-refractivity contribution in [3.8, 4) is 0 Å². The van der Waals surface area contributed by atoms with Gasteiger partial charge in [0.2, 0.25) is 0 Å². The first-order valence-electron chi connectivity index (χ1n) is 9.83. The number of nitrogens with one attached hydrogen (secondary N) is 1. The molecule has 2 atom stereocenters. The summed E-state index contributed by atoms with van der Waals surface area (Å²) in [6.45, 7) is 4.31. The maximum atomic E-state index is 13.0. The van der Waals surface area contributed by atoms with Crippen LogP contribution in [-0.2, 0) is 14.8 Å². The Labute approximate surface area is 189 Å². The molecule has 7 nitrogen and oxygen atoms in total. The number of aryl methyl sites for hydroxylation is 1. The van der Waals surface area contributed by atoms with Crippen molar-refractivity contribution in [2.45, 2.75) is 29.7 Å². The van der Waals surface area contributed by atoms with Gasteiger partial charge >= 0.3 is 5.97 Å². The van der Waals surface area contributed by atoms with Crippen LogP contribution < -0.4 is 4.31 Å². The van der Waals surface area contributed by atoms with Crippen molar-refractivity contribution in [1.29, 1.82) is 0 Å². The number of aliphatic carboxylic acids is 1. The van der Waals surface area contributed by atoms with Crippen molar-refractivity contribution in [3.63, 3.8) is 0 Å². The third-order valence-electron chi connectivity index (χ3n) is 5.55. The van der Waals surface area contributed by atoms with Crippen molar-refractivity contribution in [2.24, 2.45) is 10.9 Å². The molecule has 0 aliphatic carbocycles. The Morgan fingerprint density at radius 2 is 2.16 bits per heavy atom. The normalized spacial score (nSPS) is 17.6. The first-order valence-corrected chi connectivity index (χ1v) is 13.0. The number of aromatic nitrogens is 1. The number of thioether (sulfide) groups is 1. The largest absolute Gasteiger partial charge is 0.481 e. The van der Waals surface area contributed by atoms with E-state index in [1.54, 1.807) is 30.6 Å². The first-order chi connectivity index (χ1) is 14.7. The summed E-state index contributed by atoms with van der Waals surface area (Å²) in [5.74, 6) is -1.25. The Morgan fingerprint density at radius 3 is 2.81 bits per heavy atom. The number of thiophene rings is 1. The van der Waals surface area contributed by atoms with E-state index in [9.17, 15) is 18.3 Å². The molecule has 2 N–H and O–H groups in total. The zero-order valence-electron chi connectivity index (χ0n) is 17.3. The SMILES string of the molecule is CCC(C(=O)O)C1CN=C(c2cc3c(C)ccc(N(C)S(=O)(=O)c4cccs4)c3[nH]2)S1. The quantitative estimate of drug-likeness (QED) is 0.527. The Morgan fingerprint density at radius 1 is 1.39 bits per heavy atom. The lowest BCUT2D eigenvalue weighted by atomic mass is 10.0. The molecule has 2 unspecified atom stereocenters. The van der Waals surface area contributed by atoms with Crippen LogP contribution >= 0.6 is 23.1 Å². The average Bonchev–Trinajstić information content (AvgIpc) is 3.48. The average molecular weight is 478 g/mol. The predicted octanol–water partition coefficient (Wildman–Crippen LogP) is 4.34. The second kappa shape index (κ2) is 8.33. The van der Waals surface area contributed by atoms with E-state index in [-0.39, 0.29) is 9.46 Å². The van der Waals surface area contributed by atoms with Gasteiger partial charge in [-0.3, -0.25) is 14.1 Å². The first kappa shape index (κ1) is 21.9. The number of carboxylic acids is 1. The van der Waals surface area contributed by atoms with Gasteiger partial charge in [-0.25, -0.2) is 8.42 Å². The van der Waals surface area contributed by atoms with Gasteiger partial charge in [-0.15, -0.1) is 11.3 Å². The fraction of sp³-hybridized carbons (Fsp3) is 0.333. The predicted molar refractivity (Wildman–Crippen MR) is 127 cm³/mol. The molecule has 3 aromatic rings. The molecule has 2 aromatic heterocycles. The van der Waals surface area contributed by atoms with Gasteiger partial charge in [0, 0.05) is 17.7 Å². The molecule has 1 aliphatic heterocycles. The van der Waals surface area contributed by atoms with Gasteiger partial charge < -0.3 is 10.1 Å². The standard InChI is InChI=1S/C21H23N3O4S3/c1-4-13(21(25)26)17-11-22-20(30-17)15-10-14-12(2)7-8-16(19(14)23-15)24(3)31(27,28)18-6-5-9-29-18/h5-10,13,17,23H,4,11H2,1-3H3,(H,25,26). The van der Waals surface area contributed by atoms with Crippen LogP contribution in [0.4, 0.5) is 5.69 Å². The van der Waals surface area contributed by atoms with E-state index >= 15 is 0 Å². The molecule has 4 rings (SSSR count). The Hall–Kier alpha value is -2.30. The van der Waals surface area contributed by atoms with Crippen molar-refractivity contribution in [3.05, 3.63) is 47.0 Å². The number of fused-ring (bicyclic) bond motifs is 1. The molecule has 0 amide bonds. The number of carboxylic acid groups (broad SMARTS) is 1. The van der Waals surface area contributed by atoms with E-state index in [0.717, 1.165) is 27.2 Å². The number of hydrogen-bond acceptors (Lipinski definition) is 6. The Balaban J connectivity index is 1.71. The van der Waals surface area contributed by atoms with E-state index in [0.29, 0.717) is 18.7 Å². The molecule has 31 heavy (non-hydrogen) atoms. The summed E-state index contributed by atoms with van der Waals surface area (Å²) in [6, 6.07) is 8.98. The lowest BCUT2D eigenvalue weighted by Crippen LogP contribution is -2.26. The van der Waals surface area contributed by atoms with Crippen LogP contribution in [-0.4, -0.2) is 48.4 Å². The van der Waals surface area contributed by atoms with Crippen molar-refractivity contribution in [2.75, 3.05) is 17.9 Å². The number of sulfonamides is 1. The fourth-order valence-electron chi connectivity index (χ4n) is 3.74. The van der Waals surface area contributed by atoms with Crippen LogP contribution in [0.3, 0.4) is 0 Å². The van der Waals surface area contributed by atoms with E-state index in [1.165, 1.54) is 27.4 Å². The van der Waals surface area contributed by atoms with Crippen LogP contribution in [0.25, 0.3) is 10.9 Å². The minimum atomic E-state index is -3.66. The van der Waals surface area contributed by atoms with Gasteiger partial charge in [0.1, 0.15) is 9.25 Å². The van der Waals surface area contributed by atoms with Gasteiger partial charge in [0.15, 0.2) is 0 Å². The summed E-state index contributed by atoms with van der Waals surface area (Å²) < 4.78 is 27.7. The van der Waals surface area contributed by atoms with Gasteiger partial charge in [-0.2, -0.15) is 0 Å². The molecule has 164 valence electrons. The van der Waals surface area contributed by atoms with Crippen molar-refractivity contribution >= 4 is 60.7 Å². The highest BCUT2D eigenvalue weighted by atomic mass is 32.2. The molecule has 0 radical (unpaired) electrons. The summed E-state index contributed by atoms with van der Waals surface area (Å²) in [7, 11) is -2.11. The summed E-state index contributed by atoms with van der Waals surface area (Å²) in [4.78, 5) is 19.5. The lowest BCUT2D eigenvalue weighted by Gasteiger charge is -2.19. The smallest absolute Gasteiger partial charge is 0.307 e. The maximum Gasteiger partial charge on any atom is 0.307 e. The van der Waals surface area contributed by atoms with E-state index < -0.39 is 21.9 Å². The zero-order valence-corrected chi connectivity index (χ0v) is 19.8. The number of rotatable bonds is 7. The maximum absolute atomic E-state index is 13.0. The minimum Gasteiger partial charge on any atom is -0.481 e. The third-order valence-corrected chi connectivity index (χ3v) is 10.1. The number of aromatic amines is 1. The van der Waals surface area contributed by atoms with E-state index in [1.807, 2.05) is 26.0 Å². The van der Waals surface area contributed by atoms with Gasteiger partial charge in [0.05, 0.1) is 29.4 Å². The number of benzene rings is 1. The topological polar surface area (TPSA) is 103 Å². The number of aliphatic imine (C=N–C) groups is 1. The summed E-state index contributed by atoms with van der Waals surface area (Å²) in [5, 5.41) is 12.8. The second-order valence-corrected chi connectivity index (χ2v) is 11.8. The van der Waals surface area contributed by atoms with Gasteiger partial charge in [0.25, 0.3) is 10.0 Å². The lowest BCUT2D eigenvalue weighted by molar-refractivity contribution is -0.141. The molecule has 0 saturated carbocycles. The number of hydrogen-bond donors (Lipinski definition) is 2. The Kier molecular flexibility index (Phi) is 5.89. The van der Waals surface area contributed by atoms with Crippen LogP contribution in [0.5, 0.6) is 0 Å².